The van der Waals surface area contributed by atoms with Crippen molar-refractivity contribution in [2.24, 2.45) is 0 Å². The Labute approximate surface area is 99.6 Å². The maximum Gasteiger partial charge on any atom is 0.356 e. The van der Waals surface area contributed by atoms with Gasteiger partial charge < -0.3 is 4.74 Å². The largest absolute Gasteiger partial charge is 0.464 e. The Morgan fingerprint density at radius 2 is 1.94 bits per heavy atom. The molecule has 0 amide bonds. The molecule has 0 aliphatic heterocycles. The van der Waals surface area contributed by atoms with E-state index in [1.807, 2.05) is 32.0 Å². The molecule has 4 nitrogen and oxygen atoms in total. The Balaban J connectivity index is 2.47. The minimum Gasteiger partial charge on any atom is -0.464 e. The fourth-order valence-electron chi connectivity index (χ4n) is 1.88. The Morgan fingerprint density at radius 3 is 2.53 bits per heavy atom. The number of aromatic nitrogens is 2. The lowest BCUT2D eigenvalue weighted by molar-refractivity contribution is 0.0594. The molecule has 2 aromatic rings. The van der Waals surface area contributed by atoms with Crippen molar-refractivity contribution < 1.29 is 9.53 Å². The van der Waals surface area contributed by atoms with Gasteiger partial charge in [0.25, 0.3) is 0 Å². The lowest BCUT2D eigenvalue weighted by Gasteiger charge is -2.05. The minimum absolute atomic E-state index is 0.366. The highest BCUT2D eigenvalue weighted by Gasteiger charge is 2.13. The Morgan fingerprint density at radius 1 is 1.29 bits per heavy atom. The van der Waals surface area contributed by atoms with Gasteiger partial charge in [-0.2, -0.15) is 5.10 Å². The van der Waals surface area contributed by atoms with E-state index in [1.165, 1.54) is 7.11 Å². The third-order valence-electron chi connectivity index (χ3n) is 2.72. The van der Waals surface area contributed by atoms with Crippen LogP contribution in [0.1, 0.15) is 21.6 Å². The number of nitrogens with one attached hydrogen (secondary N) is 1. The first-order valence-electron chi connectivity index (χ1n) is 5.34. The highest BCUT2D eigenvalue weighted by atomic mass is 16.5. The third-order valence-corrected chi connectivity index (χ3v) is 2.72. The summed E-state index contributed by atoms with van der Waals surface area (Å²) in [6.07, 6.45) is 0. The van der Waals surface area contributed by atoms with Crippen molar-refractivity contribution in [2.75, 3.05) is 7.11 Å². The molecule has 0 radical (unpaired) electrons. The van der Waals surface area contributed by atoms with Crippen molar-refractivity contribution in [1.82, 2.24) is 10.2 Å². The number of nitrogens with zero attached hydrogens (tertiary/aromatic N) is 1. The number of carbonyl (C=O) groups is 1. The van der Waals surface area contributed by atoms with Gasteiger partial charge >= 0.3 is 5.97 Å². The minimum atomic E-state index is -0.407. The lowest BCUT2D eigenvalue weighted by Crippen LogP contribution is -2.00. The van der Waals surface area contributed by atoms with Crippen LogP contribution >= 0.6 is 0 Å². The van der Waals surface area contributed by atoms with E-state index in [1.54, 1.807) is 6.07 Å². The summed E-state index contributed by atoms with van der Waals surface area (Å²) in [5.41, 5.74) is 4.45. The number of esters is 1. The molecule has 0 aliphatic carbocycles. The zero-order valence-electron chi connectivity index (χ0n) is 10.1. The van der Waals surface area contributed by atoms with E-state index in [-0.39, 0.29) is 0 Å². The van der Waals surface area contributed by atoms with Crippen LogP contribution in [-0.2, 0) is 4.74 Å². The summed E-state index contributed by atoms with van der Waals surface area (Å²) in [4.78, 5) is 11.3. The highest BCUT2D eigenvalue weighted by molar-refractivity contribution is 5.88. The van der Waals surface area contributed by atoms with Gasteiger partial charge in [0.2, 0.25) is 0 Å². The van der Waals surface area contributed by atoms with E-state index in [2.05, 4.69) is 14.9 Å². The van der Waals surface area contributed by atoms with Crippen LogP contribution in [-0.4, -0.2) is 23.3 Å². The zero-order valence-corrected chi connectivity index (χ0v) is 10.1. The molecule has 0 aliphatic rings. The molecule has 0 saturated carbocycles. The van der Waals surface area contributed by atoms with Gasteiger partial charge in [0.15, 0.2) is 0 Å². The fourth-order valence-corrected chi connectivity index (χ4v) is 1.88. The summed E-state index contributed by atoms with van der Waals surface area (Å²) >= 11 is 0. The molecule has 0 fully saturated rings. The van der Waals surface area contributed by atoms with Crippen molar-refractivity contribution in [3.63, 3.8) is 0 Å². The predicted octanol–water partition coefficient (Wildman–Crippen LogP) is 2.48. The van der Waals surface area contributed by atoms with Crippen molar-refractivity contribution in [2.45, 2.75) is 13.8 Å². The first kappa shape index (κ1) is 11.4. The number of aryl methyl sites for hydroxylation is 2. The molecule has 1 aromatic heterocycles. The average Bonchev–Trinajstić information content (AvgIpc) is 2.77. The Hall–Kier alpha value is -2.10. The lowest BCUT2D eigenvalue weighted by atomic mass is 10.00. The molecule has 1 heterocycles. The van der Waals surface area contributed by atoms with Crippen LogP contribution in [0.2, 0.25) is 0 Å². The van der Waals surface area contributed by atoms with Gasteiger partial charge in [-0.25, -0.2) is 4.79 Å². The van der Waals surface area contributed by atoms with E-state index >= 15 is 0 Å². The van der Waals surface area contributed by atoms with Crippen molar-refractivity contribution in [3.8, 4) is 11.3 Å². The van der Waals surface area contributed by atoms with Gasteiger partial charge in [-0.3, -0.25) is 5.10 Å². The molecule has 0 atom stereocenters. The summed E-state index contributed by atoms with van der Waals surface area (Å²) in [6.45, 7) is 4.05. The molecule has 0 spiro atoms. The summed E-state index contributed by atoms with van der Waals surface area (Å²) in [5, 5.41) is 6.84. The van der Waals surface area contributed by atoms with E-state index in [0.29, 0.717) is 5.69 Å². The number of carbonyl (C=O) groups excluding carboxylic acids is 1. The second-order valence-corrected chi connectivity index (χ2v) is 3.93. The van der Waals surface area contributed by atoms with Crippen LogP contribution in [0, 0.1) is 13.8 Å². The first-order valence-corrected chi connectivity index (χ1v) is 5.34. The second-order valence-electron chi connectivity index (χ2n) is 3.93. The van der Waals surface area contributed by atoms with Gasteiger partial charge in [0, 0.05) is 5.56 Å². The van der Waals surface area contributed by atoms with Gasteiger partial charge in [-0.15, -0.1) is 0 Å². The summed E-state index contributed by atoms with van der Waals surface area (Å²) < 4.78 is 4.64. The first-order chi connectivity index (χ1) is 8.13. The molecular weight excluding hydrogens is 216 g/mol. The molecule has 1 N–H and O–H groups in total. The fraction of sp³-hybridized carbons (Fsp3) is 0.231. The van der Waals surface area contributed by atoms with Gasteiger partial charge in [0.05, 0.1) is 12.8 Å². The predicted molar refractivity (Wildman–Crippen MR) is 64.8 cm³/mol. The van der Waals surface area contributed by atoms with Crippen LogP contribution in [0.25, 0.3) is 11.3 Å². The monoisotopic (exact) mass is 230 g/mol. The Bertz CT molecular complexity index is 538. The third kappa shape index (κ3) is 2.06. The number of ether oxygens (including phenoxy) is 1. The van der Waals surface area contributed by atoms with E-state index in [9.17, 15) is 4.79 Å². The molecule has 2 rings (SSSR count). The molecule has 0 bridgehead atoms. The number of hydrogen-bond acceptors (Lipinski definition) is 3. The van der Waals surface area contributed by atoms with Crippen molar-refractivity contribution >= 4 is 5.97 Å². The molecule has 17 heavy (non-hydrogen) atoms. The second kappa shape index (κ2) is 4.41. The standard InChI is InChI=1S/C13H14N2O2/c1-8-5-4-6-9(2)12(8)10-7-11(15-14-10)13(16)17-3/h4-7H,1-3H3,(H,14,15). The van der Waals surface area contributed by atoms with E-state index in [0.717, 1.165) is 22.4 Å². The normalized spacial score (nSPS) is 10.3. The van der Waals surface area contributed by atoms with E-state index in [4.69, 9.17) is 0 Å². The molecule has 88 valence electrons. The van der Waals surface area contributed by atoms with Gasteiger partial charge in [-0.1, -0.05) is 18.2 Å². The van der Waals surface area contributed by atoms with Crippen LogP contribution in [0.5, 0.6) is 0 Å². The van der Waals surface area contributed by atoms with Crippen LogP contribution < -0.4 is 0 Å². The molecular formula is C13H14N2O2. The van der Waals surface area contributed by atoms with Gasteiger partial charge in [-0.05, 0) is 31.0 Å². The van der Waals surface area contributed by atoms with Crippen LogP contribution in [0.3, 0.4) is 0 Å². The van der Waals surface area contributed by atoms with Crippen molar-refractivity contribution in [3.05, 3.63) is 41.1 Å². The molecule has 0 saturated heterocycles. The van der Waals surface area contributed by atoms with Crippen molar-refractivity contribution in [1.29, 1.82) is 0 Å². The SMILES string of the molecule is COC(=O)c1cc(-c2c(C)cccc2C)n[nH]1. The summed E-state index contributed by atoms with van der Waals surface area (Å²) in [7, 11) is 1.35. The zero-order chi connectivity index (χ0) is 12.4. The number of hydrogen-bond donors (Lipinski definition) is 1. The van der Waals surface area contributed by atoms with Crippen LogP contribution in [0.4, 0.5) is 0 Å². The number of rotatable bonds is 2. The number of benzene rings is 1. The quantitative estimate of drug-likeness (QED) is 0.806. The molecule has 0 unspecified atom stereocenters. The smallest absolute Gasteiger partial charge is 0.356 e. The number of H-pyrrole nitrogens is 1. The topological polar surface area (TPSA) is 55.0 Å². The van der Waals surface area contributed by atoms with Gasteiger partial charge in [0.1, 0.15) is 5.69 Å². The number of aromatic amines is 1. The molecule has 1 aromatic carbocycles. The summed E-state index contributed by atoms with van der Waals surface area (Å²) in [6, 6.07) is 7.76. The number of methoxy groups -OCH3 is 1. The average molecular weight is 230 g/mol. The maximum atomic E-state index is 11.3. The highest BCUT2D eigenvalue weighted by Crippen LogP contribution is 2.25. The maximum absolute atomic E-state index is 11.3. The van der Waals surface area contributed by atoms with Crippen LogP contribution in [0.15, 0.2) is 24.3 Å². The molecule has 4 heteroatoms. The van der Waals surface area contributed by atoms with E-state index < -0.39 is 5.97 Å². The Kier molecular flexibility index (Phi) is 2.95. The summed E-state index contributed by atoms with van der Waals surface area (Å²) in [5.74, 6) is -0.407.